The number of rotatable bonds is 2. The van der Waals surface area contributed by atoms with Gasteiger partial charge in [0.2, 0.25) is 0 Å². The molecule has 2 aliphatic rings. The van der Waals surface area contributed by atoms with Crippen LogP contribution in [0.1, 0.15) is 35.6 Å². The predicted molar refractivity (Wildman–Crippen MR) is 87.6 cm³/mol. The molecule has 0 radical (unpaired) electrons. The fourth-order valence-electron chi connectivity index (χ4n) is 3.77. The Kier molecular flexibility index (Phi) is 3.52. The topological polar surface area (TPSA) is 20.2 Å². The quantitative estimate of drug-likeness (QED) is 0.887. The highest BCUT2D eigenvalue weighted by Crippen LogP contribution is 2.44. The third-order valence-corrected chi connectivity index (χ3v) is 6.23. The van der Waals surface area contributed by atoms with E-state index in [4.69, 9.17) is 0 Å². The second-order valence-electron chi connectivity index (χ2n) is 6.23. The monoisotopic (exact) mass is 296 g/mol. The number of aliphatic hydroxyl groups excluding tert-OH is 1. The van der Waals surface area contributed by atoms with E-state index >= 15 is 0 Å². The van der Waals surface area contributed by atoms with Crippen LogP contribution in [0.5, 0.6) is 0 Å². The molecule has 1 aliphatic heterocycles. The molecule has 1 nitrogen and oxygen atoms in total. The summed E-state index contributed by atoms with van der Waals surface area (Å²) >= 11 is 2.00. The summed E-state index contributed by atoms with van der Waals surface area (Å²) in [5.41, 5.74) is 3.98. The summed E-state index contributed by atoms with van der Waals surface area (Å²) in [4.78, 5) is 1.44. The molecule has 21 heavy (non-hydrogen) atoms. The number of aryl methyl sites for hydroxylation is 1. The molecule has 3 unspecified atom stereocenters. The first kappa shape index (κ1) is 13.4. The van der Waals surface area contributed by atoms with Crippen molar-refractivity contribution in [1.82, 2.24) is 0 Å². The van der Waals surface area contributed by atoms with Crippen LogP contribution in [0, 0.1) is 5.92 Å². The third kappa shape index (κ3) is 2.51. The smallest absolute Gasteiger partial charge is 0.0821 e. The van der Waals surface area contributed by atoms with Gasteiger partial charge in [-0.25, -0.2) is 0 Å². The van der Waals surface area contributed by atoms with Gasteiger partial charge in [0.1, 0.15) is 0 Å². The average Bonchev–Trinajstić information content (AvgIpc) is 2.93. The Morgan fingerprint density at radius 3 is 2.62 bits per heavy atom. The van der Waals surface area contributed by atoms with Crippen molar-refractivity contribution in [3.8, 4) is 0 Å². The van der Waals surface area contributed by atoms with E-state index in [1.807, 2.05) is 17.8 Å². The summed E-state index contributed by atoms with van der Waals surface area (Å²) in [6.07, 6.45) is 4.23. The van der Waals surface area contributed by atoms with E-state index in [-0.39, 0.29) is 6.10 Å². The van der Waals surface area contributed by atoms with Crippen LogP contribution in [-0.2, 0) is 12.8 Å². The summed E-state index contributed by atoms with van der Waals surface area (Å²) in [7, 11) is 0. The van der Waals surface area contributed by atoms with Crippen LogP contribution in [0.2, 0.25) is 0 Å². The van der Waals surface area contributed by atoms with Gasteiger partial charge in [0, 0.05) is 10.1 Å². The molecule has 3 atom stereocenters. The van der Waals surface area contributed by atoms with Gasteiger partial charge in [0.25, 0.3) is 0 Å². The van der Waals surface area contributed by atoms with Crippen LogP contribution in [0.3, 0.4) is 0 Å². The van der Waals surface area contributed by atoms with Crippen LogP contribution in [0.25, 0.3) is 0 Å². The highest BCUT2D eigenvalue weighted by Gasteiger charge is 2.32. The van der Waals surface area contributed by atoms with E-state index in [1.54, 1.807) is 0 Å². The number of aliphatic hydroxyl groups is 1. The summed E-state index contributed by atoms with van der Waals surface area (Å²) in [6.45, 7) is 0. The molecule has 1 aliphatic carbocycles. The zero-order valence-corrected chi connectivity index (χ0v) is 12.9. The zero-order valence-electron chi connectivity index (χ0n) is 12.0. The Hall–Kier alpha value is -1.25. The minimum absolute atomic E-state index is 0.278. The van der Waals surface area contributed by atoms with Crippen LogP contribution in [0.4, 0.5) is 0 Å². The molecule has 108 valence electrons. The molecule has 0 amide bonds. The van der Waals surface area contributed by atoms with E-state index in [2.05, 4.69) is 42.5 Å². The normalized spacial score (nSPS) is 27.2. The minimum atomic E-state index is -0.278. The number of hydrogen-bond donors (Lipinski definition) is 1. The van der Waals surface area contributed by atoms with Crippen molar-refractivity contribution < 1.29 is 5.11 Å². The highest BCUT2D eigenvalue weighted by atomic mass is 32.2. The Balaban J connectivity index is 1.48. The van der Waals surface area contributed by atoms with E-state index < -0.39 is 0 Å². The molecule has 0 saturated carbocycles. The van der Waals surface area contributed by atoms with Crippen LogP contribution in [-0.4, -0.2) is 10.4 Å². The summed E-state index contributed by atoms with van der Waals surface area (Å²) in [6, 6.07) is 17.1. The van der Waals surface area contributed by atoms with Crippen molar-refractivity contribution >= 4 is 11.8 Å². The fraction of sp³-hybridized carbons (Fsp3) is 0.368. The maximum Gasteiger partial charge on any atom is 0.0821 e. The average molecular weight is 296 g/mol. The molecule has 1 heterocycles. The number of fused-ring (bicyclic) bond motifs is 2. The van der Waals surface area contributed by atoms with Gasteiger partial charge in [-0.1, -0.05) is 42.5 Å². The third-order valence-electron chi connectivity index (χ3n) is 4.88. The van der Waals surface area contributed by atoms with Gasteiger partial charge in [0.05, 0.1) is 6.10 Å². The molecule has 4 rings (SSSR count). The van der Waals surface area contributed by atoms with Crippen LogP contribution < -0.4 is 0 Å². The van der Waals surface area contributed by atoms with Crippen molar-refractivity contribution in [1.29, 1.82) is 0 Å². The van der Waals surface area contributed by atoms with Crippen molar-refractivity contribution in [2.24, 2.45) is 5.92 Å². The van der Waals surface area contributed by atoms with Crippen molar-refractivity contribution in [2.45, 2.75) is 41.9 Å². The molecule has 0 bridgehead atoms. The van der Waals surface area contributed by atoms with Gasteiger partial charge in [-0.05, 0) is 54.4 Å². The van der Waals surface area contributed by atoms with Crippen molar-refractivity contribution in [3.63, 3.8) is 0 Å². The van der Waals surface area contributed by atoms with Crippen molar-refractivity contribution in [2.75, 3.05) is 0 Å². The van der Waals surface area contributed by atoms with Gasteiger partial charge < -0.3 is 5.11 Å². The second kappa shape index (κ2) is 5.51. The fourth-order valence-corrected chi connectivity index (χ4v) is 5.20. The molecule has 0 fully saturated rings. The first-order valence-electron chi connectivity index (χ1n) is 7.81. The predicted octanol–water partition coefficient (Wildman–Crippen LogP) is 4.39. The Morgan fingerprint density at radius 2 is 1.76 bits per heavy atom. The van der Waals surface area contributed by atoms with Gasteiger partial charge in [-0.2, -0.15) is 0 Å². The lowest BCUT2D eigenvalue weighted by molar-refractivity contribution is 0.0884. The summed E-state index contributed by atoms with van der Waals surface area (Å²) in [5, 5.41) is 11.3. The van der Waals surface area contributed by atoms with Gasteiger partial charge in [-0.3, -0.25) is 0 Å². The van der Waals surface area contributed by atoms with E-state index in [0.717, 1.165) is 31.2 Å². The number of benzene rings is 2. The highest BCUT2D eigenvalue weighted by molar-refractivity contribution is 8.00. The van der Waals surface area contributed by atoms with E-state index in [0.29, 0.717) is 11.2 Å². The van der Waals surface area contributed by atoms with E-state index in [1.165, 1.54) is 16.0 Å². The minimum Gasteiger partial charge on any atom is -0.388 e. The van der Waals surface area contributed by atoms with Crippen LogP contribution >= 0.6 is 11.8 Å². The zero-order chi connectivity index (χ0) is 14.2. The van der Waals surface area contributed by atoms with Crippen LogP contribution in [0.15, 0.2) is 53.4 Å². The summed E-state index contributed by atoms with van der Waals surface area (Å²) in [5.74, 6) is 0.409. The lowest BCUT2D eigenvalue weighted by Gasteiger charge is -2.31. The molecule has 2 heteroatoms. The first-order valence-corrected chi connectivity index (χ1v) is 8.69. The molecule has 2 aromatic carbocycles. The SMILES string of the molecule is OC1c2ccccc2CCC1CC1Cc2ccccc2S1. The lowest BCUT2D eigenvalue weighted by atomic mass is 9.79. The standard InChI is InChI=1S/C19H20OS/c20-19-15(10-9-13-5-1-3-7-17(13)19)12-16-11-14-6-2-4-8-18(14)21-16/h1-8,15-16,19-20H,9-12H2. The van der Waals surface area contributed by atoms with Gasteiger partial charge >= 0.3 is 0 Å². The summed E-state index contributed by atoms with van der Waals surface area (Å²) < 4.78 is 0. The molecule has 1 N–H and O–H groups in total. The second-order valence-corrected chi connectivity index (χ2v) is 7.57. The lowest BCUT2D eigenvalue weighted by Crippen LogP contribution is -2.23. The van der Waals surface area contributed by atoms with Gasteiger partial charge in [-0.15, -0.1) is 11.8 Å². The number of hydrogen-bond acceptors (Lipinski definition) is 2. The molecule has 0 saturated heterocycles. The maximum atomic E-state index is 10.7. The molecule has 0 spiro atoms. The van der Waals surface area contributed by atoms with Crippen molar-refractivity contribution in [3.05, 3.63) is 65.2 Å². The molecule has 2 aromatic rings. The van der Waals surface area contributed by atoms with E-state index in [9.17, 15) is 5.11 Å². The largest absolute Gasteiger partial charge is 0.388 e. The maximum absolute atomic E-state index is 10.7. The first-order chi connectivity index (χ1) is 10.3. The Bertz CT molecular complexity index is 627. The Labute approximate surface area is 130 Å². The molecule has 0 aromatic heterocycles. The Morgan fingerprint density at radius 1 is 1.00 bits per heavy atom. The molecular weight excluding hydrogens is 276 g/mol. The molecular formula is C19H20OS. The number of thioether (sulfide) groups is 1. The van der Waals surface area contributed by atoms with Gasteiger partial charge in [0.15, 0.2) is 0 Å².